The van der Waals surface area contributed by atoms with E-state index in [0.717, 1.165) is 32.5 Å². The first-order valence-electron chi connectivity index (χ1n) is 9.80. The van der Waals surface area contributed by atoms with E-state index >= 15 is 0 Å². The molecule has 4 rings (SSSR count). The molecule has 0 aromatic carbocycles. The number of aromatic nitrogens is 1. The Bertz CT molecular complexity index is 686. The van der Waals surface area contributed by atoms with Crippen LogP contribution in [0.4, 0.5) is 0 Å². The molecule has 3 aliphatic heterocycles. The van der Waals surface area contributed by atoms with Gasteiger partial charge < -0.3 is 10.1 Å². The number of pyridine rings is 1. The summed E-state index contributed by atoms with van der Waals surface area (Å²) < 4.78 is 6.47. The lowest BCUT2D eigenvalue weighted by Gasteiger charge is -2.29. The zero-order chi connectivity index (χ0) is 18.1. The third-order valence-corrected chi connectivity index (χ3v) is 6.25. The normalized spacial score (nSPS) is 32.5. The Kier molecular flexibility index (Phi) is 4.84. The van der Waals surface area contributed by atoms with Crippen LogP contribution < -0.4 is 5.32 Å². The topological polar surface area (TPSA) is 54.5 Å². The van der Waals surface area contributed by atoms with Gasteiger partial charge in [0, 0.05) is 44.2 Å². The Morgan fingerprint density at radius 1 is 1.46 bits per heavy atom. The van der Waals surface area contributed by atoms with Crippen molar-refractivity contribution in [3.05, 3.63) is 41.7 Å². The highest BCUT2D eigenvalue weighted by atomic mass is 16.5. The first kappa shape index (κ1) is 17.7. The number of allylic oxidation sites excluding steroid dienone is 1. The molecule has 1 amide bonds. The maximum absolute atomic E-state index is 12.3. The summed E-state index contributed by atoms with van der Waals surface area (Å²) in [6, 6.07) is 5.43. The first-order chi connectivity index (χ1) is 12.6. The van der Waals surface area contributed by atoms with E-state index in [-0.39, 0.29) is 11.5 Å². The van der Waals surface area contributed by atoms with Crippen molar-refractivity contribution in [3.8, 4) is 0 Å². The average Bonchev–Trinajstić information content (AvgIpc) is 3.28. The standard InChI is InChI=1S/C21H29N3O2/c1-15(2)6-5-11-24-13-17-16(19-8-9-21(17,14-24)26-19)12-23-20(25)18-7-3-4-10-22-18/h3-4,6-7,10,16-17,19H,5,8-9,11-14H2,1-2H3,(H,23,25)/t16-,17+,19+,21+/m0/s1. The molecule has 4 heterocycles. The summed E-state index contributed by atoms with van der Waals surface area (Å²) >= 11 is 0. The van der Waals surface area contributed by atoms with Crippen molar-refractivity contribution in [3.63, 3.8) is 0 Å². The van der Waals surface area contributed by atoms with E-state index in [1.54, 1.807) is 12.3 Å². The number of nitrogens with one attached hydrogen (secondary N) is 1. The summed E-state index contributed by atoms with van der Waals surface area (Å²) in [5, 5.41) is 3.10. The quantitative estimate of drug-likeness (QED) is 0.797. The molecule has 1 aromatic rings. The number of likely N-dealkylation sites (tertiary alicyclic amines) is 1. The van der Waals surface area contributed by atoms with Crippen LogP contribution in [0.5, 0.6) is 0 Å². The molecule has 0 radical (unpaired) electrons. The van der Waals surface area contributed by atoms with Gasteiger partial charge in [0.1, 0.15) is 5.69 Å². The second kappa shape index (κ2) is 7.12. The van der Waals surface area contributed by atoms with Gasteiger partial charge >= 0.3 is 0 Å². The van der Waals surface area contributed by atoms with Gasteiger partial charge in [-0.25, -0.2) is 0 Å². The fraction of sp³-hybridized carbons (Fsp3) is 0.619. The van der Waals surface area contributed by atoms with Gasteiger partial charge in [0.15, 0.2) is 0 Å². The second-order valence-corrected chi connectivity index (χ2v) is 8.26. The average molecular weight is 355 g/mol. The monoisotopic (exact) mass is 355 g/mol. The van der Waals surface area contributed by atoms with E-state index in [4.69, 9.17) is 4.74 Å². The van der Waals surface area contributed by atoms with Crippen molar-refractivity contribution in [2.75, 3.05) is 26.2 Å². The molecular weight excluding hydrogens is 326 g/mol. The molecule has 1 N–H and O–H groups in total. The smallest absolute Gasteiger partial charge is 0.269 e. The lowest BCUT2D eigenvalue weighted by molar-refractivity contribution is 0.00290. The summed E-state index contributed by atoms with van der Waals surface area (Å²) in [6.07, 6.45) is 7.69. The SMILES string of the molecule is CC(C)=CCCN1C[C@@H]2[C@H](CNC(=O)c3ccccn3)[C@H]3CC[C@]2(C1)O3. The molecule has 3 saturated heterocycles. The summed E-state index contributed by atoms with van der Waals surface area (Å²) in [6.45, 7) is 8.25. The number of hydrogen-bond donors (Lipinski definition) is 1. The minimum Gasteiger partial charge on any atom is -0.370 e. The van der Waals surface area contributed by atoms with Crippen molar-refractivity contribution in [1.82, 2.24) is 15.2 Å². The van der Waals surface area contributed by atoms with E-state index in [0.29, 0.717) is 30.2 Å². The van der Waals surface area contributed by atoms with Crippen molar-refractivity contribution in [2.24, 2.45) is 11.8 Å². The van der Waals surface area contributed by atoms with Crippen molar-refractivity contribution >= 4 is 5.91 Å². The zero-order valence-corrected chi connectivity index (χ0v) is 15.8. The molecule has 4 atom stereocenters. The Labute approximate surface area is 155 Å². The van der Waals surface area contributed by atoms with Crippen LogP contribution in [0.1, 0.15) is 43.6 Å². The highest BCUT2D eigenvalue weighted by Crippen LogP contribution is 2.54. The van der Waals surface area contributed by atoms with Gasteiger partial charge in [-0.3, -0.25) is 14.7 Å². The van der Waals surface area contributed by atoms with Gasteiger partial charge in [-0.1, -0.05) is 17.7 Å². The fourth-order valence-electron chi connectivity index (χ4n) is 5.06. The molecule has 5 nitrogen and oxygen atoms in total. The Balaban J connectivity index is 1.36. The third kappa shape index (κ3) is 3.30. The predicted molar refractivity (Wildman–Crippen MR) is 101 cm³/mol. The highest BCUT2D eigenvalue weighted by Gasteiger charge is 2.62. The zero-order valence-electron chi connectivity index (χ0n) is 15.8. The number of carbonyl (C=O) groups is 1. The van der Waals surface area contributed by atoms with Crippen LogP contribution >= 0.6 is 0 Å². The van der Waals surface area contributed by atoms with Crippen LogP contribution in [0.2, 0.25) is 0 Å². The van der Waals surface area contributed by atoms with Gasteiger partial charge in [0.2, 0.25) is 0 Å². The molecule has 1 aromatic heterocycles. The summed E-state index contributed by atoms with van der Waals surface area (Å²) in [7, 11) is 0. The largest absolute Gasteiger partial charge is 0.370 e. The van der Waals surface area contributed by atoms with Crippen LogP contribution in [0.3, 0.4) is 0 Å². The summed E-state index contributed by atoms with van der Waals surface area (Å²) in [4.78, 5) is 19.0. The summed E-state index contributed by atoms with van der Waals surface area (Å²) in [5.41, 5.74) is 1.91. The maximum atomic E-state index is 12.3. The fourth-order valence-corrected chi connectivity index (χ4v) is 5.06. The Morgan fingerprint density at radius 2 is 2.35 bits per heavy atom. The van der Waals surface area contributed by atoms with Gasteiger partial charge in [-0.15, -0.1) is 0 Å². The number of nitrogens with zero attached hydrogens (tertiary/aromatic N) is 2. The van der Waals surface area contributed by atoms with E-state index in [1.165, 1.54) is 12.0 Å². The molecule has 3 fully saturated rings. The lowest BCUT2D eigenvalue weighted by atomic mass is 9.73. The van der Waals surface area contributed by atoms with E-state index in [2.05, 4.69) is 35.1 Å². The van der Waals surface area contributed by atoms with Crippen LogP contribution in [0, 0.1) is 11.8 Å². The molecule has 140 valence electrons. The Hall–Kier alpha value is -1.72. The van der Waals surface area contributed by atoms with Crippen LogP contribution in [-0.4, -0.2) is 53.7 Å². The number of rotatable bonds is 6. The number of carbonyl (C=O) groups excluding carboxylic acids is 1. The van der Waals surface area contributed by atoms with Gasteiger partial charge in [0.25, 0.3) is 5.91 Å². The number of ether oxygens (including phenoxy) is 1. The highest BCUT2D eigenvalue weighted by molar-refractivity contribution is 5.92. The van der Waals surface area contributed by atoms with Crippen LogP contribution in [0.25, 0.3) is 0 Å². The van der Waals surface area contributed by atoms with Crippen molar-refractivity contribution in [1.29, 1.82) is 0 Å². The van der Waals surface area contributed by atoms with E-state index in [1.807, 2.05) is 12.1 Å². The van der Waals surface area contributed by atoms with Crippen LogP contribution in [0.15, 0.2) is 36.0 Å². The molecular formula is C21H29N3O2. The molecule has 0 saturated carbocycles. The minimum atomic E-state index is -0.0826. The molecule has 0 unspecified atom stereocenters. The minimum absolute atomic E-state index is 0.0377. The molecule has 5 heteroatoms. The van der Waals surface area contributed by atoms with Gasteiger partial charge in [0.05, 0.1) is 11.7 Å². The first-order valence-corrected chi connectivity index (χ1v) is 9.80. The van der Waals surface area contributed by atoms with Gasteiger partial charge in [-0.05, 0) is 45.2 Å². The maximum Gasteiger partial charge on any atom is 0.269 e. The van der Waals surface area contributed by atoms with E-state index in [9.17, 15) is 4.79 Å². The molecule has 26 heavy (non-hydrogen) atoms. The van der Waals surface area contributed by atoms with Crippen molar-refractivity contribution < 1.29 is 9.53 Å². The molecule has 0 aliphatic carbocycles. The summed E-state index contributed by atoms with van der Waals surface area (Å²) in [5.74, 6) is 0.877. The van der Waals surface area contributed by atoms with Gasteiger partial charge in [-0.2, -0.15) is 0 Å². The number of fused-ring (bicyclic) bond motifs is 1. The van der Waals surface area contributed by atoms with Crippen LogP contribution in [-0.2, 0) is 4.74 Å². The molecule has 3 aliphatic rings. The number of amides is 1. The van der Waals surface area contributed by atoms with E-state index < -0.39 is 0 Å². The molecule has 2 bridgehead atoms. The molecule has 1 spiro atoms. The third-order valence-electron chi connectivity index (χ3n) is 6.25. The number of hydrogen-bond acceptors (Lipinski definition) is 4. The second-order valence-electron chi connectivity index (χ2n) is 8.26. The predicted octanol–water partition coefficient (Wildman–Crippen LogP) is 2.65. The Morgan fingerprint density at radius 3 is 3.12 bits per heavy atom. The lowest BCUT2D eigenvalue weighted by Crippen LogP contribution is -2.42. The van der Waals surface area contributed by atoms with Crippen molar-refractivity contribution in [2.45, 2.75) is 44.8 Å².